The van der Waals surface area contributed by atoms with Crippen LogP contribution in [-0.4, -0.2) is 17.7 Å². The summed E-state index contributed by atoms with van der Waals surface area (Å²) >= 11 is 9.11. The van der Waals surface area contributed by atoms with Crippen molar-refractivity contribution in [2.75, 3.05) is 5.32 Å². The van der Waals surface area contributed by atoms with Gasteiger partial charge in [-0.05, 0) is 60.7 Å². The fourth-order valence-corrected chi connectivity index (χ4v) is 2.83. The van der Waals surface area contributed by atoms with Crippen molar-refractivity contribution in [2.45, 2.75) is 0 Å². The van der Waals surface area contributed by atoms with Gasteiger partial charge in [-0.1, -0.05) is 39.7 Å². The predicted octanol–water partition coefficient (Wildman–Crippen LogP) is 4.43. The van der Waals surface area contributed by atoms with Gasteiger partial charge in [-0.15, -0.1) is 0 Å². The van der Waals surface area contributed by atoms with Crippen molar-refractivity contribution >= 4 is 50.9 Å². The average molecular weight is 473 g/mol. The van der Waals surface area contributed by atoms with Crippen LogP contribution in [0.3, 0.4) is 0 Å². The van der Waals surface area contributed by atoms with Gasteiger partial charge in [0.25, 0.3) is 17.7 Å². The van der Waals surface area contributed by atoms with Crippen molar-refractivity contribution in [2.24, 2.45) is 0 Å². The van der Waals surface area contributed by atoms with E-state index in [0.717, 1.165) is 4.47 Å². The molecule has 0 aliphatic rings. The zero-order valence-corrected chi connectivity index (χ0v) is 17.3. The lowest BCUT2D eigenvalue weighted by molar-refractivity contribution is 0.0847. The van der Waals surface area contributed by atoms with Crippen molar-refractivity contribution in [3.63, 3.8) is 0 Å². The second-order valence-corrected chi connectivity index (χ2v) is 7.27. The van der Waals surface area contributed by atoms with Gasteiger partial charge in [0, 0.05) is 20.6 Å². The van der Waals surface area contributed by atoms with E-state index >= 15 is 0 Å². The summed E-state index contributed by atoms with van der Waals surface area (Å²) < 4.78 is 0.852. The fourth-order valence-electron chi connectivity index (χ4n) is 2.44. The maximum Gasteiger partial charge on any atom is 0.271 e. The second kappa shape index (κ2) is 9.36. The number of hydrogen-bond donors (Lipinski definition) is 3. The molecule has 3 aromatic carbocycles. The number of carbonyl (C=O) groups excluding carboxylic acids is 3. The van der Waals surface area contributed by atoms with Crippen molar-refractivity contribution in [1.82, 2.24) is 10.9 Å². The number of anilines is 1. The Kier molecular flexibility index (Phi) is 6.64. The Bertz CT molecular complexity index is 1050. The molecule has 146 valence electrons. The van der Waals surface area contributed by atoms with Gasteiger partial charge >= 0.3 is 0 Å². The van der Waals surface area contributed by atoms with Gasteiger partial charge < -0.3 is 5.32 Å². The molecule has 8 heteroatoms. The maximum absolute atomic E-state index is 12.5. The van der Waals surface area contributed by atoms with Crippen LogP contribution in [0, 0.1) is 0 Å². The Balaban J connectivity index is 1.68. The van der Waals surface area contributed by atoms with Crippen LogP contribution in [0.2, 0.25) is 5.02 Å². The Morgan fingerprint density at radius 1 is 0.690 bits per heavy atom. The van der Waals surface area contributed by atoms with Crippen LogP contribution < -0.4 is 16.2 Å². The van der Waals surface area contributed by atoms with Gasteiger partial charge in [-0.2, -0.15) is 0 Å². The van der Waals surface area contributed by atoms with Gasteiger partial charge in [-0.3, -0.25) is 25.2 Å². The topological polar surface area (TPSA) is 87.3 Å². The Hall–Kier alpha value is -3.16. The third kappa shape index (κ3) is 5.43. The van der Waals surface area contributed by atoms with E-state index in [0.29, 0.717) is 21.8 Å². The molecular weight excluding hydrogens is 458 g/mol. The van der Waals surface area contributed by atoms with E-state index in [-0.39, 0.29) is 11.5 Å². The molecule has 0 spiro atoms. The first-order valence-corrected chi connectivity index (χ1v) is 9.63. The average Bonchev–Trinajstić information content (AvgIpc) is 2.73. The minimum atomic E-state index is -0.570. The summed E-state index contributed by atoms with van der Waals surface area (Å²) in [6.07, 6.45) is 0. The SMILES string of the molecule is O=C(NNC(=O)c1ccccc1NC(=O)c1ccc(Br)cc1)c1ccc(Cl)cc1. The number of hydrazine groups is 1. The van der Waals surface area contributed by atoms with E-state index in [1.807, 2.05) is 0 Å². The highest BCUT2D eigenvalue weighted by Crippen LogP contribution is 2.17. The van der Waals surface area contributed by atoms with E-state index < -0.39 is 11.8 Å². The van der Waals surface area contributed by atoms with Crippen molar-refractivity contribution < 1.29 is 14.4 Å². The van der Waals surface area contributed by atoms with E-state index in [9.17, 15) is 14.4 Å². The molecule has 6 nitrogen and oxygen atoms in total. The van der Waals surface area contributed by atoms with Gasteiger partial charge in [0.1, 0.15) is 0 Å². The molecule has 0 bridgehead atoms. The van der Waals surface area contributed by atoms with Gasteiger partial charge in [0.15, 0.2) is 0 Å². The molecule has 3 N–H and O–H groups in total. The van der Waals surface area contributed by atoms with Crippen LogP contribution in [0.15, 0.2) is 77.3 Å². The van der Waals surface area contributed by atoms with Crippen molar-refractivity contribution in [1.29, 1.82) is 0 Å². The number of carbonyl (C=O) groups is 3. The first kappa shape index (κ1) is 20.6. The molecule has 0 saturated heterocycles. The number of rotatable bonds is 4. The van der Waals surface area contributed by atoms with Crippen molar-refractivity contribution in [3.05, 3.63) is 99.0 Å². The van der Waals surface area contributed by atoms with Gasteiger partial charge in [-0.25, -0.2) is 0 Å². The monoisotopic (exact) mass is 471 g/mol. The number of amides is 3. The second-order valence-electron chi connectivity index (χ2n) is 5.92. The van der Waals surface area contributed by atoms with Crippen LogP contribution in [-0.2, 0) is 0 Å². The number of benzene rings is 3. The summed E-state index contributed by atoms with van der Waals surface area (Å²) in [6, 6.07) is 19.5. The molecule has 3 aromatic rings. The van der Waals surface area contributed by atoms with E-state index in [1.165, 1.54) is 12.1 Å². The van der Waals surface area contributed by atoms with Gasteiger partial charge in [0.05, 0.1) is 11.3 Å². The zero-order valence-electron chi connectivity index (χ0n) is 14.9. The maximum atomic E-state index is 12.5. The highest BCUT2D eigenvalue weighted by molar-refractivity contribution is 9.10. The third-order valence-electron chi connectivity index (χ3n) is 3.92. The number of hydrogen-bond acceptors (Lipinski definition) is 3. The molecule has 3 rings (SSSR count). The largest absolute Gasteiger partial charge is 0.321 e. The highest BCUT2D eigenvalue weighted by Gasteiger charge is 2.15. The quantitative estimate of drug-likeness (QED) is 0.491. The van der Waals surface area contributed by atoms with E-state index in [4.69, 9.17) is 11.6 Å². The minimum absolute atomic E-state index is 0.203. The molecular formula is C21H15BrClN3O3. The Labute approximate surface area is 180 Å². The Morgan fingerprint density at radius 3 is 1.93 bits per heavy atom. The molecule has 0 radical (unpaired) electrons. The zero-order chi connectivity index (χ0) is 20.8. The lowest BCUT2D eigenvalue weighted by Gasteiger charge is -2.12. The first-order valence-electron chi connectivity index (χ1n) is 8.46. The summed E-state index contributed by atoms with van der Waals surface area (Å²) in [6.45, 7) is 0. The molecule has 0 fully saturated rings. The molecule has 29 heavy (non-hydrogen) atoms. The summed E-state index contributed by atoms with van der Waals surface area (Å²) in [5, 5.41) is 3.21. The molecule has 0 aromatic heterocycles. The standard InChI is InChI=1S/C21H15BrClN3O3/c22-15-9-5-13(6-10-15)19(27)24-18-4-2-1-3-17(18)21(29)26-25-20(28)14-7-11-16(23)12-8-14/h1-12H,(H,24,27)(H,25,28)(H,26,29). The Morgan fingerprint density at radius 2 is 1.24 bits per heavy atom. The van der Waals surface area contributed by atoms with Crippen LogP contribution in [0.1, 0.15) is 31.1 Å². The predicted molar refractivity (Wildman–Crippen MR) is 115 cm³/mol. The lowest BCUT2D eigenvalue weighted by Crippen LogP contribution is -2.41. The summed E-state index contributed by atoms with van der Waals surface area (Å²) in [5.41, 5.74) is 5.98. The van der Waals surface area contributed by atoms with Gasteiger partial charge in [0.2, 0.25) is 0 Å². The molecule has 0 saturated carbocycles. The molecule has 0 aliphatic carbocycles. The molecule has 0 unspecified atom stereocenters. The third-order valence-corrected chi connectivity index (χ3v) is 4.70. The van der Waals surface area contributed by atoms with Crippen molar-refractivity contribution in [3.8, 4) is 0 Å². The smallest absolute Gasteiger partial charge is 0.271 e. The molecule has 0 heterocycles. The summed E-state index contributed by atoms with van der Waals surface area (Å²) in [5.74, 6) is -1.42. The van der Waals surface area contributed by atoms with Crippen LogP contribution in [0.25, 0.3) is 0 Å². The first-order chi connectivity index (χ1) is 13.9. The van der Waals surface area contributed by atoms with Crippen LogP contribution >= 0.6 is 27.5 Å². The summed E-state index contributed by atoms with van der Waals surface area (Å²) in [4.78, 5) is 37.1. The van der Waals surface area contributed by atoms with Crippen LogP contribution in [0.4, 0.5) is 5.69 Å². The normalized spacial score (nSPS) is 10.1. The molecule has 0 aliphatic heterocycles. The highest BCUT2D eigenvalue weighted by atomic mass is 79.9. The fraction of sp³-hybridized carbons (Fsp3) is 0. The number of halogens is 2. The lowest BCUT2D eigenvalue weighted by atomic mass is 10.1. The number of para-hydroxylation sites is 1. The van der Waals surface area contributed by atoms with E-state index in [1.54, 1.807) is 60.7 Å². The molecule has 3 amide bonds. The number of nitrogens with one attached hydrogen (secondary N) is 3. The minimum Gasteiger partial charge on any atom is -0.321 e. The summed E-state index contributed by atoms with van der Waals surface area (Å²) in [7, 11) is 0. The molecule has 0 atom stereocenters. The van der Waals surface area contributed by atoms with E-state index in [2.05, 4.69) is 32.1 Å². The van der Waals surface area contributed by atoms with Crippen LogP contribution in [0.5, 0.6) is 0 Å².